The van der Waals surface area contributed by atoms with Crippen molar-refractivity contribution in [2.24, 2.45) is 0 Å². The highest BCUT2D eigenvalue weighted by atomic mass is 16.1. The average Bonchev–Trinajstić information content (AvgIpc) is 2.99. The minimum Gasteiger partial charge on any atom is -0.349 e. The molecule has 4 nitrogen and oxygen atoms in total. The summed E-state index contributed by atoms with van der Waals surface area (Å²) in [6.07, 6.45) is 0. The fraction of sp³-hybridized carbons (Fsp3) is 0.238. The van der Waals surface area contributed by atoms with Gasteiger partial charge in [0.25, 0.3) is 5.56 Å². The highest BCUT2D eigenvalue weighted by Crippen LogP contribution is 2.38. The number of fused-ring (bicyclic) bond motifs is 1. The Kier molecular flexibility index (Phi) is 3.88. The van der Waals surface area contributed by atoms with Gasteiger partial charge in [0, 0.05) is 18.0 Å². The Morgan fingerprint density at radius 3 is 2.40 bits per heavy atom. The minimum absolute atomic E-state index is 0.0286. The van der Waals surface area contributed by atoms with E-state index < -0.39 is 0 Å². The van der Waals surface area contributed by atoms with E-state index in [0.717, 1.165) is 23.5 Å². The fourth-order valence-electron chi connectivity index (χ4n) is 3.59. The van der Waals surface area contributed by atoms with Crippen LogP contribution >= 0.6 is 0 Å². The summed E-state index contributed by atoms with van der Waals surface area (Å²) >= 11 is 0. The van der Waals surface area contributed by atoms with Gasteiger partial charge < -0.3 is 9.88 Å². The van der Waals surface area contributed by atoms with E-state index in [-0.39, 0.29) is 17.5 Å². The molecule has 0 spiro atoms. The van der Waals surface area contributed by atoms with Crippen LogP contribution in [0.1, 0.15) is 36.9 Å². The maximum Gasteiger partial charge on any atom is 0.256 e. The summed E-state index contributed by atoms with van der Waals surface area (Å²) in [4.78, 5) is 22.7. The molecule has 0 bridgehead atoms. The number of aromatic amines is 1. The van der Waals surface area contributed by atoms with E-state index in [9.17, 15) is 4.79 Å². The number of benzene rings is 2. The van der Waals surface area contributed by atoms with Crippen molar-refractivity contribution in [3.8, 4) is 11.4 Å². The zero-order chi connectivity index (χ0) is 17.4. The number of hydrogen-bond donors (Lipinski definition) is 1. The molecule has 2 unspecified atom stereocenters. The second-order valence-electron chi connectivity index (χ2n) is 6.66. The minimum atomic E-state index is -0.0286. The molecule has 126 valence electrons. The Hall–Kier alpha value is -2.88. The van der Waals surface area contributed by atoms with Gasteiger partial charge in [0.2, 0.25) is 0 Å². The van der Waals surface area contributed by atoms with E-state index in [0.29, 0.717) is 5.82 Å². The van der Waals surface area contributed by atoms with E-state index in [1.807, 2.05) is 48.5 Å². The normalized spacial score (nSPS) is 17.4. The summed E-state index contributed by atoms with van der Waals surface area (Å²) in [5.74, 6) is 1.61. The fourth-order valence-corrected chi connectivity index (χ4v) is 3.59. The summed E-state index contributed by atoms with van der Waals surface area (Å²) < 4.78 is 0. The second-order valence-corrected chi connectivity index (χ2v) is 6.66. The lowest BCUT2D eigenvalue weighted by Crippen LogP contribution is -2.26. The molecule has 1 aliphatic heterocycles. The summed E-state index contributed by atoms with van der Waals surface area (Å²) in [6, 6.07) is 20.3. The van der Waals surface area contributed by atoms with Crippen molar-refractivity contribution < 1.29 is 0 Å². The molecule has 0 fully saturated rings. The van der Waals surface area contributed by atoms with Crippen LogP contribution < -0.4 is 10.5 Å². The predicted octanol–water partition coefficient (Wildman–Crippen LogP) is 4.12. The largest absolute Gasteiger partial charge is 0.349 e. The van der Waals surface area contributed by atoms with Gasteiger partial charge in [-0.3, -0.25) is 4.79 Å². The lowest BCUT2D eigenvalue weighted by molar-refractivity contribution is 0.654. The van der Waals surface area contributed by atoms with Crippen molar-refractivity contribution >= 4 is 5.82 Å². The first-order chi connectivity index (χ1) is 12.1. The van der Waals surface area contributed by atoms with Crippen molar-refractivity contribution in [1.29, 1.82) is 0 Å². The van der Waals surface area contributed by atoms with E-state index in [2.05, 4.69) is 35.9 Å². The number of aromatic nitrogens is 2. The van der Waals surface area contributed by atoms with Crippen LogP contribution in [0.15, 0.2) is 65.5 Å². The highest BCUT2D eigenvalue weighted by Gasteiger charge is 2.33. The highest BCUT2D eigenvalue weighted by molar-refractivity contribution is 5.62. The maximum atomic E-state index is 12.7. The number of rotatable bonds is 3. The summed E-state index contributed by atoms with van der Waals surface area (Å²) in [6.45, 7) is 5.07. The van der Waals surface area contributed by atoms with Gasteiger partial charge in [0.05, 0.1) is 11.6 Å². The summed E-state index contributed by atoms with van der Waals surface area (Å²) in [5, 5.41) is 0. The zero-order valence-electron chi connectivity index (χ0n) is 14.4. The first-order valence-electron chi connectivity index (χ1n) is 8.66. The summed E-state index contributed by atoms with van der Waals surface area (Å²) in [5.41, 5.74) is 2.92. The van der Waals surface area contributed by atoms with Gasteiger partial charge in [-0.2, -0.15) is 0 Å². The van der Waals surface area contributed by atoms with E-state index in [1.54, 1.807) is 0 Å². The molecule has 2 atom stereocenters. The Morgan fingerprint density at radius 2 is 1.72 bits per heavy atom. The van der Waals surface area contributed by atoms with Crippen molar-refractivity contribution in [3.63, 3.8) is 0 Å². The molecule has 1 aliphatic rings. The van der Waals surface area contributed by atoms with Crippen molar-refractivity contribution in [2.45, 2.75) is 25.8 Å². The zero-order valence-corrected chi connectivity index (χ0v) is 14.4. The molecule has 3 aromatic rings. The standard InChI is InChI=1S/C21H21N3O/c1-14-13-24(15(2)16-9-5-3-6-10-16)20-18(14)21(25)23-19(22-20)17-11-7-4-8-12-17/h3-12,14-15H,13H2,1-2H3,(H,22,23,25). The van der Waals surface area contributed by atoms with Crippen LogP contribution in [0.5, 0.6) is 0 Å². The van der Waals surface area contributed by atoms with E-state index in [4.69, 9.17) is 4.98 Å². The van der Waals surface area contributed by atoms with Gasteiger partial charge in [-0.1, -0.05) is 67.6 Å². The predicted molar refractivity (Wildman–Crippen MR) is 101 cm³/mol. The molecule has 25 heavy (non-hydrogen) atoms. The molecule has 0 aliphatic carbocycles. The second kappa shape index (κ2) is 6.20. The van der Waals surface area contributed by atoms with Gasteiger partial charge in [-0.05, 0) is 12.5 Å². The third-order valence-corrected chi connectivity index (χ3v) is 4.97. The number of anilines is 1. The molecule has 0 radical (unpaired) electrons. The number of nitrogens with zero attached hydrogens (tertiary/aromatic N) is 2. The lowest BCUT2D eigenvalue weighted by Gasteiger charge is -2.27. The molecule has 0 amide bonds. The third-order valence-electron chi connectivity index (χ3n) is 4.97. The average molecular weight is 331 g/mol. The van der Waals surface area contributed by atoms with Crippen LogP contribution in [0.2, 0.25) is 0 Å². The third kappa shape index (κ3) is 2.74. The first kappa shape index (κ1) is 15.6. The van der Waals surface area contributed by atoms with Gasteiger partial charge in [0.15, 0.2) is 0 Å². The number of hydrogen-bond acceptors (Lipinski definition) is 3. The monoisotopic (exact) mass is 331 g/mol. The Balaban J connectivity index is 1.81. The van der Waals surface area contributed by atoms with E-state index >= 15 is 0 Å². The Bertz CT molecular complexity index is 934. The smallest absolute Gasteiger partial charge is 0.256 e. The molecular formula is C21H21N3O. The SMILES string of the molecule is CC1CN(C(C)c2ccccc2)c2nc(-c3ccccc3)[nH]c(=O)c21. The van der Waals surface area contributed by atoms with Gasteiger partial charge in [0.1, 0.15) is 11.6 Å². The molecular weight excluding hydrogens is 310 g/mol. The van der Waals surface area contributed by atoms with Gasteiger partial charge in [-0.15, -0.1) is 0 Å². The number of nitrogens with one attached hydrogen (secondary N) is 1. The van der Waals surface area contributed by atoms with Crippen LogP contribution in [0, 0.1) is 0 Å². The molecule has 1 aromatic heterocycles. The maximum absolute atomic E-state index is 12.7. The Morgan fingerprint density at radius 1 is 1.08 bits per heavy atom. The van der Waals surface area contributed by atoms with Crippen molar-refractivity contribution in [1.82, 2.24) is 9.97 Å². The molecule has 4 heteroatoms. The van der Waals surface area contributed by atoms with Crippen LogP contribution in [0.4, 0.5) is 5.82 Å². The quantitative estimate of drug-likeness (QED) is 0.785. The first-order valence-corrected chi connectivity index (χ1v) is 8.66. The van der Waals surface area contributed by atoms with Gasteiger partial charge >= 0.3 is 0 Å². The van der Waals surface area contributed by atoms with Crippen LogP contribution in [-0.4, -0.2) is 16.5 Å². The lowest BCUT2D eigenvalue weighted by atomic mass is 10.1. The Labute approximate surface area is 147 Å². The van der Waals surface area contributed by atoms with Crippen molar-refractivity contribution in [2.75, 3.05) is 11.4 Å². The van der Waals surface area contributed by atoms with E-state index in [1.165, 1.54) is 5.56 Å². The van der Waals surface area contributed by atoms with Gasteiger partial charge in [-0.25, -0.2) is 4.98 Å². The topological polar surface area (TPSA) is 49.0 Å². The van der Waals surface area contributed by atoms with Crippen LogP contribution in [-0.2, 0) is 0 Å². The summed E-state index contributed by atoms with van der Waals surface area (Å²) in [7, 11) is 0. The van der Waals surface area contributed by atoms with Crippen LogP contribution in [0.3, 0.4) is 0 Å². The molecule has 1 N–H and O–H groups in total. The van der Waals surface area contributed by atoms with Crippen LogP contribution in [0.25, 0.3) is 11.4 Å². The molecule has 2 aromatic carbocycles. The molecule has 0 saturated carbocycles. The van der Waals surface area contributed by atoms with Crippen molar-refractivity contribution in [3.05, 3.63) is 82.1 Å². The molecule has 0 saturated heterocycles. The number of H-pyrrole nitrogens is 1. The molecule has 4 rings (SSSR count). The molecule has 2 heterocycles.